The Balaban J connectivity index is 2.02. The zero-order chi connectivity index (χ0) is 9.26. The topological polar surface area (TPSA) is 42.2 Å². The third kappa shape index (κ3) is 1.94. The largest absolute Gasteiger partial charge is 0.383 e. The number of rotatable bonds is 1. The zero-order valence-electron chi connectivity index (χ0n) is 7.86. The van der Waals surface area contributed by atoms with Gasteiger partial charge in [0.1, 0.15) is 5.82 Å². The van der Waals surface area contributed by atoms with E-state index in [1.165, 1.54) is 12.8 Å². The zero-order valence-corrected chi connectivity index (χ0v) is 8.68. The summed E-state index contributed by atoms with van der Waals surface area (Å²) in [5, 5.41) is 3.00. The van der Waals surface area contributed by atoms with Crippen LogP contribution in [0.3, 0.4) is 0 Å². The minimum absolute atomic E-state index is 0.652. The van der Waals surface area contributed by atoms with Crippen LogP contribution in [-0.2, 0) is 0 Å². The summed E-state index contributed by atoms with van der Waals surface area (Å²) in [4.78, 5) is 6.62. The van der Waals surface area contributed by atoms with Crippen molar-refractivity contribution in [2.75, 3.05) is 23.7 Å². The van der Waals surface area contributed by atoms with Crippen LogP contribution in [0, 0.1) is 5.92 Å². The van der Waals surface area contributed by atoms with Crippen LogP contribution in [0.15, 0.2) is 5.38 Å². The second kappa shape index (κ2) is 3.54. The van der Waals surface area contributed by atoms with Crippen LogP contribution in [-0.4, -0.2) is 18.1 Å². The van der Waals surface area contributed by atoms with Gasteiger partial charge in [-0.15, -0.1) is 11.3 Å². The number of nitrogen functional groups attached to an aromatic ring is 1. The van der Waals surface area contributed by atoms with E-state index in [0.717, 1.165) is 24.1 Å². The van der Waals surface area contributed by atoms with Gasteiger partial charge in [0.15, 0.2) is 5.13 Å². The monoisotopic (exact) mass is 197 g/mol. The van der Waals surface area contributed by atoms with E-state index >= 15 is 0 Å². The molecule has 0 amide bonds. The molecule has 1 aliphatic heterocycles. The molecule has 0 aromatic carbocycles. The molecular formula is C9H15N3S. The van der Waals surface area contributed by atoms with Gasteiger partial charge < -0.3 is 10.6 Å². The molecule has 72 valence electrons. The fourth-order valence-electron chi connectivity index (χ4n) is 1.62. The number of hydrogen-bond donors (Lipinski definition) is 1. The van der Waals surface area contributed by atoms with Crippen LogP contribution in [0.4, 0.5) is 10.9 Å². The molecule has 0 atom stereocenters. The van der Waals surface area contributed by atoms with Crippen molar-refractivity contribution < 1.29 is 0 Å². The van der Waals surface area contributed by atoms with Crippen LogP contribution < -0.4 is 10.6 Å². The highest BCUT2D eigenvalue weighted by Crippen LogP contribution is 2.26. The molecule has 1 aromatic heterocycles. The summed E-state index contributed by atoms with van der Waals surface area (Å²) in [6, 6.07) is 0. The molecule has 0 spiro atoms. The Kier molecular flexibility index (Phi) is 2.40. The summed E-state index contributed by atoms with van der Waals surface area (Å²) >= 11 is 1.65. The fourth-order valence-corrected chi connectivity index (χ4v) is 2.39. The molecule has 2 heterocycles. The number of nitrogens with two attached hydrogens (primary N) is 1. The first-order valence-electron chi connectivity index (χ1n) is 4.71. The highest BCUT2D eigenvalue weighted by atomic mass is 32.1. The minimum atomic E-state index is 0.652. The molecule has 2 N–H and O–H groups in total. The van der Waals surface area contributed by atoms with Gasteiger partial charge in [-0.2, -0.15) is 0 Å². The molecule has 0 unspecified atom stereocenters. The van der Waals surface area contributed by atoms with Crippen molar-refractivity contribution in [1.29, 1.82) is 0 Å². The number of piperidine rings is 1. The maximum absolute atomic E-state index is 5.59. The second-order valence-corrected chi connectivity index (χ2v) is 4.56. The normalized spacial score (nSPS) is 19.3. The third-order valence-electron chi connectivity index (χ3n) is 2.56. The van der Waals surface area contributed by atoms with Crippen molar-refractivity contribution in [3.05, 3.63) is 5.38 Å². The van der Waals surface area contributed by atoms with E-state index in [9.17, 15) is 0 Å². The molecule has 3 nitrogen and oxygen atoms in total. The molecule has 0 saturated carbocycles. The Morgan fingerprint density at radius 3 is 2.77 bits per heavy atom. The number of hydrogen-bond acceptors (Lipinski definition) is 4. The van der Waals surface area contributed by atoms with Crippen LogP contribution in [0.2, 0.25) is 0 Å². The number of nitrogens with zero attached hydrogens (tertiary/aromatic N) is 2. The van der Waals surface area contributed by atoms with Crippen LogP contribution in [0.5, 0.6) is 0 Å². The molecule has 1 aliphatic rings. The Morgan fingerprint density at radius 2 is 2.23 bits per heavy atom. The summed E-state index contributed by atoms with van der Waals surface area (Å²) in [6.07, 6.45) is 2.55. The van der Waals surface area contributed by atoms with E-state index in [1.54, 1.807) is 11.3 Å². The lowest BCUT2D eigenvalue weighted by atomic mass is 10.00. The van der Waals surface area contributed by atoms with Gasteiger partial charge in [-0.1, -0.05) is 6.92 Å². The summed E-state index contributed by atoms with van der Waals surface area (Å²) in [5.74, 6) is 1.52. The average molecular weight is 197 g/mol. The van der Waals surface area contributed by atoms with Gasteiger partial charge in [0, 0.05) is 18.5 Å². The standard InChI is InChI=1S/C9H15N3S/c1-7-2-4-12(5-3-7)9-11-8(10)6-13-9/h6-7H,2-5,10H2,1H3. The molecule has 0 aliphatic carbocycles. The van der Waals surface area contributed by atoms with Crippen molar-refractivity contribution in [3.63, 3.8) is 0 Å². The lowest BCUT2D eigenvalue weighted by molar-refractivity contribution is 0.438. The van der Waals surface area contributed by atoms with Gasteiger partial charge in [0.25, 0.3) is 0 Å². The highest BCUT2D eigenvalue weighted by Gasteiger charge is 2.17. The van der Waals surface area contributed by atoms with E-state index < -0.39 is 0 Å². The number of anilines is 2. The molecule has 1 fully saturated rings. The summed E-state index contributed by atoms with van der Waals surface area (Å²) in [6.45, 7) is 4.58. The minimum Gasteiger partial charge on any atom is -0.383 e. The maximum Gasteiger partial charge on any atom is 0.187 e. The lowest BCUT2D eigenvalue weighted by Crippen LogP contribution is -2.32. The van der Waals surface area contributed by atoms with Gasteiger partial charge in [-0.05, 0) is 18.8 Å². The van der Waals surface area contributed by atoms with Gasteiger partial charge in [0.2, 0.25) is 0 Å². The van der Waals surface area contributed by atoms with Crippen molar-refractivity contribution in [3.8, 4) is 0 Å². The molecular weight excluding hydrogens is 182 g/mol. The molecule has 1 saturated heterocycles. The Hall–Kier alpha value is -0.770. The van der Waals surface area contributed by atoms with Crippen LogP contribution in [0.1, 0.15) is 19.8 Å². The first kappa shape index (κ1) is 8.81. The average Bonchev–Trinajstić information content (AvgIpc) is 2.53. The quantitative estimate of drug-likeness (QED) is 0.748. The second-order valence-electron chi connectivity index (χ2n) is 3.72. The van der Waals surface area contributed by atoms with Crippen LogP contribution in [0.25, 0.3) is 0 Å². The predicted octanol–water partition coefficient (Wildman–Crippen LogP) is 1.96. The van der Waals surface area contributed by atoms with Crippen LogP contribution >= 0.6 is 11.3 Å². The van der Waals surface area contributed by atoms with Crippen molar-refractivity contribution >= 4 is 22.3 Å². The molecule has 2 rings (SSSR count). The first-order chi connectivity index (χ1) is 6.25. The fraction of sp³-hybridized carbons (Fsp3) is 0.667. The molecule has 0 radical (unpaired) electrons. The van der Waals surface area contributed by atoms with E-state index in [0.29, 0.717) is 5.82 Å². The van der Waals surface area contributed by atoms with Gasteiger partial charge in [-0.25, -0.2) is 4.98 Å². The van der Waals surface area contributed by atoms with E-state index in [2.05, 4.69) is 16.8 Å². The maximum atomic E-state index is 5.59. The van der Waals surface area contributed by atoms with Gasteiger partial charge in [0.05, 0.1) is 0 Å². The molecule has 0 bridgehead atoms. The predicted molar refractivity (Wildman–Crippen MR) is 57.1 cm³/mol. The Labute approximate surface area is 82.6 Å². The Morgan fingerprint density at radius 1 is 1.54 bits per heavy atom. The van der Waals surface area contributed by atoms with E-state index in [4.69, 9.17) is 5.73 Å². The van der Waals surface area contributed by atoms with Crippen molar-refractivity contribution in [2.24, 2.45) is 5.92 Å². The molecule has 13 heavy (non-hydrogen) atoms. The SMILES string of the molecule is CC1CCN(c2nc(N)cs2)CC1. The lowest BCUT2D eigenvalue weighted by Gasteiger charge is -2.29. The smallest absolute Gasteiger partial charge is 0.187 e. The molecule has 1 aromatic rings. The molecule has 4 heteroatoms. The van der Waals surface area contributed by atoms with Crippen molar-refractivity contribution in [1.82, 2.24) is 4.98 Å². The number of aromatic nitrogens is 1. The Bertz CT molecular complexity index is 276. The van der Waals surface area contributed by atoms with Gasteiger partial charge >= 0.3 is 0 Å². The van der Waals surface area contributed by atoms with E-state index in [1.807, 2.05) is 5.38 Å². The number of thiazole rings is 1. The van der Waals surface area contributed by atoms with Crippen molar-refractivity contribution in [2.45, 2.75) is 19.8 Å². The summed E-state index contributed by atoms with van der Waals surface area (Å²) < 4.78 is 0. The summed E-state index contributed by atoms with van der Waals surface area (Å²) in [7, 11) is 0. The first-order valence-corrected chi connectivity index (χ1v) is 5.59. The highest BCUT2D eigenvalue weighted by molar-refractivity contribution is 7.14. The third-order valence-corrected chi connectivity index (χ3v) is 3.48. The van der Waals surface area contributed by atoms with E-state index in [-0.39, 0.29) is 0 Å². The van der Waals surface area contributed by atoms with Gasteiger partial charge in [-0.3, -0.25) is 0 Å². The summed E-state index contributed by atoms with van der Waals surface area (Å²) in [5.41, 5.74) is 5.59.